The fourth-order valence-electron chi connectivity index (χ4n) is 4.07. The Morgan fingerprint density at radius 2 is 1.91 bits per heavy atom. The topological polar surface area (TPSA) is 79.2 Å². The SMILES string of the molecule is CCOC(=O)c1c(NC(=O)c2ccc(F)cc2)sc2c1CC[C@@](C#N)(c1ccccc1)C2. The van der Waals surface area contributed by atoms with Crippen molar-refractivity contribution >= 4 is 28.2 Å². The van der Waals surface area contributed by atoms with Crippen LogP contribution in [0.15, 0.2) is 54.6 Å². The van der Waals surface area contributed by atoms with Crippen molar-refractivity contribution in [3.05, 3.63) is 87.5 Å². The minimum Gasteiger partial charge on any atom is -0.462 e. The van der Waals surface area contributed by atoms with Gasteiger partial charge in [-0.15, -0.1) is 11.3 Å². The number of nitrogens with zero attached hydrogens (tertiary/aromatic N) is 1. The van der Waals surface area contributed by atoms with Crippen LogP contribution in [0.1, 0.15) is 50.1 Å². The standard InChI is InChI=1S/C25H21FN2O3S/c1-2-31-24(30)21-19-12-13-25(15-27,17-6-4-3-5-7-17)14-20(19)32-23(21)28-22(29)16-8-10-18(26)11-9-16/h3-11H,2,12-14H2,1H3,(H,28,29)/t25-/m1/s1. The van der Waals surface area contributed by atoms with Gasteiger partial charge in [-0.2, -0.15) is 5.26 Å². The quantitative estimate of drug-likeness (QED) is 0.540. The number of carbonyl (C=O) groups is 2. The molecular formula is C25H21FN2O3S. The molecule has 1 aliphatic rings. The number of nitriles is 1. The molecule has 0 radical (unpaired) electrons. The molecule has 2 aromatic carbocycles. The van der Waals surface area contributed by atoms with Gasteiger partial charge in [-0.3, -0.25) is 4.79 Å². The van der Waals surface area contributed by atoms with Gasteiger partial charge in [0.15, 0.2) is 0 Å². The summed E-state index contributed by atoms with van der Waals surface area (Å²) in [5.74, 6) is -1.37. The highest BCUT2D eigenvalue weighted by atomic mass is 32.1. The molecule has 0 saturated heterocycles. The van der Waals surface area contributed by atoms with Crippen LogP contribution in [0.5, 0.6) is 0 Å². The number of ether oxygens (including phenoxy) is 1. The smallest absolute Gasteiger partial charge is 0.341 e. The minimum absolute atomic E-state index is 0.209. The summed E-state index contributed by atoms with van der Waals surface area (Å²) >= 11 is 1.30. The van der Waals surface area contributed by atoms with E-state index in [2.05, 4.69) is 11.4 Å². The lowest BCUT2D eigenvalue weighted by Gasteiger charge is -2.31. The number of esters is 1. The number of hydrogen-bond acceptors (Lipinski definition) is 5. The molecular weight excluding hydrogens is 427 g/mol. The molecule has 5 nitrogen and oxygen atoms in total. The van der Waals surface area contributed by atoms with Crippen LogP contribution >= 0.6 is 11.3 Å². The molecule has 32 heavy (non-hydrogen) atoms. The van der Waals surface area contributed by atoms with Gasteiger partial charge in [-0.25, -0.2) is 9.18 Å². The first-order chi connectivity index (χ1) is 15.5. The van der Waals surface area contributed by atoms with Crippen molar-refractivity contribution in [3.63, 3.8) is 0 Å². The third-order valence-electron chi connectivity index (χ3n) is 5.71. The normalized spacial score (nSPS) is 17.2. The van der Waals surface area contributed by atoms with E-state index in [4.69, 9.17) is 4.74 Å². The first-order valence-corrected chi connectivity index (χ1v) is 11.1. The van der Waals surface area contributed by atoms with Crippen molar-refractivity contribution in [2.24, 2.45) is 0 Å². The zero-order valence-corrected chi connectivity index (χ0v) is 18.3. The molecule has 0 unspecified atom stereocenters. The van der Waals surface area contributed by atoms with Gasteiger partial charge in [0.2, 0.25) is 0 Å². The molecule has 0 spiro atoms. The number of thiophene rings is 1. The Bertz CT molecular complexity index is 1200. The highest BCUT2D eigenvalue weighted by molar-refractivity contribution is 7.17. The molecule has 0 bridgehead atoms. The molecule has 0 saturated carbocycles. The van der Waals surface area contributed by atoms with Crippen molar-refractivity contribution < 1.29 is 18.7 Å². The van der Waals surface area contributed by atoms with Gasteiger partial charge in [0.1, 0.15) is 10.8 Å². The van der Waals surface area contributed by atoms with E-state index in [1.165, 1.54) is 35.6 Å². The molecule has 4 rings (SSSR count). The van der Waals surface area contributed by atoms with E-state index in [0.717, 1.165) is 16.0 Å². The molecule has 7 heteroatoms. The number of amides is 1. The fourth-order valence-corrected chi connectivity index (χ4v) is 5.41. The number of carbonyl (C=O) groups excluding carboxylic acids is 2. The number of anilines is 1. The summed E-state index contributed by atoms with van der Waals surface area (Å²) in [7, 11) is 0. The van der Waals surface area contributed by atoms with Crippen LogP contribution in [0.4, 0.5) is 9.39 Å². The highest BCUT2D eigenvalue weighted by Crippen LogP contribution is 2.45. The molecule has 0 aliphatic heterocycles. The lowest BCUT2D eigenvalue weighted by molar-refractivity contribution is 0.0526. The average molecular weight is 449 g/mol. The average Bonchev–Trinajstić information content (AvgIpc) is 3.16. The fraction of sp³-hybridized carbons (Fsp3) is 0.240. The molecule has 3 aromatic rings. The minimum atomic E-state index is -0.691. The largest absolute Gasteiger partial charge is 0.462 e. The second kappa shape index (κ2) is 8.93. The maximum Gasteiger partial charge on any atom is 0.341 e. The van der Waals surface area contributed by atoms with Crippen LogP contribution in [0.2, 0.25) is 0 Å². The molecule has 1 aliphatic carbocycles. The second-order valence-corrected chi connectivity index (χ2v) is 8.73. The Morgan fingerprint density at radius 1 is 1.19 bits per heavy atom. The predicted octanol–water partition coefficient (Wildman–Crippen LogP) is 5.27. The number of nitrogens with one attached hydrogen (secondary N) is 1. The van der Waals surface area contributed by atoms with Gasteiger partial charge < -0.3 is 10.1 Å². The van der Waals surface area contributed by atoms with Crippen LogP contribution in [-0.2, 0) is 23.0 Å². The lowest BCUT2D eigenvalue weighted by Crippen LogP contribution is -2.31. The number of rotatable bonds is 5. The molecule has 1 N–H and O–H groups in total. The van der Waals surface area contributed by atoms with E-state index in [0.29, 0.717) is 29.8 Å². The lowest BCUT2D eigenvalue weighted by atomic mass is 9.70. The first kappa shape index (κ1) is 21.7. The summed E-state index contributed by atoms with van der Waals surface area (Å²) in [4.78, 5) is 26.4. The Balaban J connectivity index is 1.72. The van der Waals surface area contributed by atoms with Crippen molar-refractivity contribution in [3.8, 4) is 6.07 Å². The number of halogens is 1. The summed E-state index contributed by atoms with van der Waals surface area (Å²) in [6, 6.07) is 17.3. The van der Waals surface area contributed by atoms with Gasteiger partial charge >= 0.3 is 5.97 Å². The maximum atomic E-state index is 13.2. The van der Waals surface area contributed by atoms with E-state index < -0.39 is 23.1 Å². The zero-order valence-electron chi connectivity index (χ0n) is 17.5. The number of fused-ring (bicyclic) bond motifs is 1. The van der Waals surface area contributed by atoms with Crippen molar-refractivity contribution in [1.29, 1.82) is 5.26 Å². The van der Waals surface area contributed by atoms with E-state index in [1.807, 2.05) is 30.3 Å². The molecule has 0 fully saturated rings. The van der Waals surface area contributed by atoms with Gasteiger partial charge in [-0.1, -0.05) is 30.3 Å². The molecule has 162 valence electrons. The number of benzene rings is 2. The summed E-state index contributed by atoms with van der Waals surface area (Å²) in [6.07, 6.45) is 1.54. The third-order valence-corrected chi connectivity index (χ3v) is 6.86. The summed E-state index contributed by atoms with van der Waals surface area (Å²) < 4.78 is 18.5. The Morgan fingerprint density at radius 3 is 2.56 bits per heavy atom. The van der Waals surface area contributed by atoms with Crippen LogP contribution in [0.3, 0.4) is 0 Å². The summed E-state index contributed by atoms with van der Waals surface area (Å²) in [5, 5.41) is 13.3. The first-order valence-electron chi connectivity index (χ1n) is 10.3. The maximum absolute atomic E-state index is 13.2. The Hall–Kier alpha value is -3.50. The molecule has 1 heterocycles. The van der Waals surface area contributed by atoms with Crippen molar-refractivity contribution in [1.82, 2.24) is 0 Å². The number of hydrogen-bond donors (Lipinski definition) is 1. The Labute approximate surface area is 189 Å². The van der Waals surface area contributed by atoms with Gasteiger partial charge in [-0.05, 0) is 55.2 Å². The van der Waals surface area contributed by atoms with Crippen molar-refractivity contribution in [2.75, 3.05) is 11.9 Å². The van der Waals surface area contributed by atoms with Crippen LogP contribution in [-0.4, -0.2) is 18.5 Å². The van der Waals surface area contributed by atoms with Gasteiger partial charge in [0.25, 0.3) is 5.91 Å². The zero-order chi connectivity index (χ0) is 22.7. The molecule has 1 amide bonds. The van der Waals surface area contributed by atoms with E-state index in [9.17, 15) is 19.2 Å². The van der Waals surface area contributed by atoms with E-state index in [-0.39, 0.29) is 12.2 Å². The van der Waals surface area contributed by atoms with Crippen molar-refractivity contribution in [2.45, 2.75) is 31.6 Å². The Kier molecular flexibility index (Phi) is 6.06. The second-order valence-electron chi connectivity index (χ2n) is 7.63. The highest BCUT2D eigenvalue weighted by Gasteiger charge is 2.40. The van der Waals surface area contributed by atoms with Gasteiger partial charge in [0.05, 0.1) is 23.7 Å². The molecule has 1 atom stereocenters. The van der Waals surface area contributed by atoms with Crippen LogP contribution in [0, 0.1) is 17.1 Å². The van der Waals surface area contributed by atoms with Gasteiger partial charge in [0, 0.05) is 16.9 Å². The molecule has 1 aromatic heterocycles. The predicted molar refractivity (Wildman–Crippen MR) is 120 cm³/mol. The van der Waals surface area contributed by atoms with E-state index in [1.54, 1.807) is 6.92 Å². The summed E-state index contributed by atoms with van der Waals surface area (Å²) in [5.41, 5.74) is 1.70. The van der Waals surface area contributed by atoms with Crippen LogP contribution < -0.4 is 5.32 Å². The van der Waals surface area contributed by atoms with E-state index >= 15 is 0 Å². The van der Waals surface area contributed by atoms with Crippen LogP contribution in [0.25, 0.3) is 0 Å². The third kappa shape index (κ3) is 4.02. The monoisotopic (exact) mass is 448 g/mol. The summed E-state index contributed by atoms with van der Waals surface area (Å²) in [6.45, 7) is 1.94.